The van der Waals surface area contributed by atoms with E-state index in [0.717, 1.165) is 18.2 Å². The first-order valence-electron chi connectivity index (χ1n) is 9.05. The monoisotopic (exact) mass is 694 g/mol. The molecule has 19 heteroatoms. The highest BCUT2D eigenvalue weighted by Gasteiger charge is 2.95. The molecule has 0 radical (unpaired) electrons. The summed E-state index contributed by atoms with van der Waals surface area (Å²) in [5.41, 5.74) is -3.23. The molecule has 1 atom stereocenters. The van der Waals surface area contributed by atoms with Crippen molar-refractivity contribution in [2.75, 3.05) is 7.11 Å². The third-order valence-corrected chi connectivity index (χ3v) is 6.18. The van der Waals surface area contributed by atoms with Crippen molar-refractivity contribution >= 4 is 22.6 Å². The van der Waals surface area contributed by atoms with Gasteiger partial charge in [0.15, 0.2) is 0 Å². The first kappa shape index (κ1) is 33.7. The Labute approximate surface area is 209 Å². The quantitative estimate of drug-likeness (QED) is 0.176. The molecule has 1 rings (SSSR count). The zero-order chi connectivity index (χ0) is 29.9. The number of benzene rings is 1. The minimum atomic E-state index is -8.65. The van der Waals surface area contributed by atoms with E-state index in [9.17, 15) is 74.6 Å². The van der Waals surface area contributed by atoms with Crippen molar-refractivity contribution in [3.8, 4) is 0 Å². The number of methoxy groups -OCH3 is 1. The van der Waals surface area contributed by atoms with Crippen molar-refractivity contribution in [3.05, 3.63) is 33.4 Å². The van der Waals surface area contributed by atoms with Crippen molar-refractivity contribution in [2.24, 2.45) is 0 Å². The maximum Gasteiger partial charge on any atom is 0.460 e. The maximum atomic E-state index is 14.4. The Morgan fingerprint density at radius 3 is 1.30 bits per heavy atom. The Kier molecular flexibility index (Phi) is 8.60. The van der Waals surface area contributed by atoms with Crippen LogP contribution in [0.25, 0.3) is 0 Å². The number of alkyl halides is 17. The van der Waals surface area contributed by atoms with Gasteiger partial charge >= 0.3 is 47.6 Å². The Balaban J connectivity index is 3.69. The Bertz CT molecular complexity index is 971. The molecule has 0 N–H and O–H groups in total. The van der Waals surface area contributed by atoms with Crippen molar-refractivity contribution in [3.63, 3.8) is 0 Å². The van der Waals surface area contributed by atoms with Crippen LogP contribution in [0.2, 0.25) is 0 Å². The maximum absolute atomic E-state index is 14.4. The van der Waals surface area contributed by atoms with Gasteiger partial charge in [-0.15, -0.1) is 0 Å². The van der Waals surface area contributed by atoms with Gasteiger partial charge in [0, 0.05) is 10.7 Å². The lowest BCUT2D eigenvalue weighted by atomic mass is 9.83. The van der Waals surface area contributed by atoms with E-state index < -0.39 is 65.2 Å². The lowest BCUT2D eigenvalue weighted by Crippen LogP contribution is -2.74. The normalized spacial score (nSPS) is 17.1. The Morgan fingerprint density at radius 1 is 0.595 bits per heavy atom. The first-order valence-corrected chi connectivity index (χ1v) is 10.1. The van der Waals surface area contributed by atoms with E-state index in [4.69, 9.17) is 0 Å². The number of halogens is 18. The van der Waals surface area contributed by atoms with Gasteiger partial charge in [-0.3, -0.25) is 0 Å². The second kappa shape index (κ2) is 9.42. The predicted octanol–water partition coefficient (Wildman–Crippen LogP) is 8.55. The number of hydrogen-bond donors (Lipinski definition) is 0. The molecule has 0 spiro atoms. The molecule has 1 unspecified atom stereocenters. The summed E-state index contributed by atoms with van der Waals surface area (Å²) in [5, 5.41) is 0. The fraction of sp³-hybridized carbons (Fsp3) is 0.667. The third-order valence-electron chi connectivity index (χ3n) is 5.24. The topological polar surface area (TPSA) is 9.23 Å². The highest BCUT2D eigenvalue weighted by molar-refractivity contribution is 14.1. The highest BCUT2D eigenvalue weighted by atomic mass is 127. The summed E-state index contributed by atoms with van der Waals surface area (Å²) in [6, 6.07) is 4.43. The zero-order valence-corrected chi connectivity index (χ0v) is 19.9. The van der Waals surface area contributed by atoms with Gasteiger partial charge < -0.3 is 4.74 Å². The predicted molar refractivity (Wildman–Crippen MR) is 98.8 cm³/mol. The number of ether oxygens (including phenoxy) is 1. The van der Waals surface area contributed by atoms with Crippen LogP contribution in [0.4, 0.5) is 74.6 Å². The largest absolute Gasteiger partial charge is 0.460 e. The summed E-state index contributed by atoms with van der Waals surface area (Å²) in [6.07, 6.45) is -10.5. The molecule has 0 aliphatic rings. The smallest absolute Gasteiger partial charge is 0.374 e. The Hall–Kier alpha value is -1.28. The van der Waals surface area contributed by atoms with Crippen LogP contribution in [0.3, 0.4) is 0 Å². The molecule has 37 heavy (non-hydrogen) atoms. The van der Waals surface area contributed by atoms with Gasteiger partial charge in [0.05, 0.1) is 12.0 Å². The van der Waals surface area contributed by atoms with E-state index in [1.54, 1.807) is 0 Å². The molecule has 0 aromatic heterocycles. The second-order valence-corrected chi connectivity index (χ2v) is 8.90. The van der Waals surface area contributed by atoms with Crippen molar-refractivity contribution < 1.29 is 79.4 Å². The van der Waals surface area contributed by atoms with Gasteiger partial charge in [0.1, 0.15) is 0 Å². The van der Waals surface area contributed by atoms with E-state index in [1.807, 2.05) is 0 Å². The third kappa shape index (κ3) is 4.83. The van der Waals surface area contributed by atoms with Gasteiger partial charge in [-0.05, 0) is 41.1 Å². The molecule has 0 saturated heterocycles. The van der Waals surface area contributed by atoms with Crippen LogP contribution in [-0.2, 0) is 10.3 Å². The van der Waals surface area contributed by atoms with Crippen LogP contribution < -0.4 is 0 Å². The molecule has 1 nitrogen and oxygen atoms in total. The molecule has 0 amide bonds. The van der Waals surface area contributed by atoms with Crippen LogP contribution in [0.15, 0.2) is 24.3 Å². The van der Waals surface area contributed by atoms with Crippen LogP contribution in [0, 0.1) is 3.57 Å². The van der Waals surface area contributed by atoms with Gasteiger partial charge in [0.25, 0.3) is 0 Å². The molecule has 0 fully saturated rings. The summed E-state index contributed by atoms with van der Waals surface area (Å²) in [4.78, 5) is 0. The van der Waals surface area contributed by atoms with Gasteiger partial charge in [-0.2, -0.15) is 74.6 Å². The van der Waals surface area contributed by atoms with E-state index in [2.05, 4.69) is 4.74 Å². The molecule has 0 aliphatic carbocycles. The molecule has 0 heterocycles. The Morgan fingerprint density at radius 2 is 0.946 bits per heavy atom. The average molecular weight is 694 g/mol. The fourth-order valence-electron chi connectivity index (χ4n) is 2.90. The lowest BCUT2D eigenvalue weighted by molar-refractivity contribution is -0.462. The van der Waals surface area contributed by atoms with E-state index in [-0.39, 0.29) is 3.57 Å². The van der Waals surface area contributed by atoms with Crippen molar-refractivity contribution in [1.82, 2.24) is 0 Å². The lowest BCUT2D eigenvalue weighted by Gasteiger charge is -2.44. The van der Waals surface area contributed by atoms with Crippen LogP contribution in [-0.4, -0.2) is 54.7 Å². The first-order chi connectivity index (χ1) is 16.0. The van der Waals surface area contributed by atoms with Crippen LogP contribution >= 0.6 is 22.6 Å². The van der Waals surface area contributed by atoms with Gasteiger partial charge in [0.2, 0.25) is 0 Å². The average Bonchev–Trinajstić information content (AvgIpc) is 2.71. The second-order valence-electron chi connectivity index (χ2n) is 7.74. The summed E-state index contributed by atoms with van der Waals surface area (Å²) in [6.45, 7) is 0.539. The summed E-state index contributed by atoms with van der Waals surface area (Å²) < 4.78 is 233. The highest BCUT2D eigenvalue weighted by Crippen LogP contribution is 2.64. The molecular formula is C18H12F17IO. The molecular weight excluding hydrogens is 682 g/mol. The fourth-order valence-corrected chi connectivity index (χ4v) is 3.86. The molecule has 0 aliphatic heterocycles. The summed E-state index contributed by atoms with van der Waals surface area (Å²) in [5.74, 6) is -56.6. The van der Waals surface area contributed by atoms with Crippen LogP contribution in [0.1, 0.15) is 18.9 Å². The van der Waals surface area contributed by atoms with Gasteiger partial charge in [-0.1, -0.05) is 18.2 Å². The van der Waals surface area contributed by atoms with Crippen LogP contribution in [0.5, 0.6) is 0 Å². The summed E-state index contributed by atoms with van der Waals surface area (Å²) >= 11 is 1.42. The van der Waals surface area contributed by atoms with E-state index in [0.29, 0.717) is 14.0 Å². The summed E-state index contributed by atoms with van der Waals surface area (Å²) in [7, 11) is 0.554. The van der Waals surface area contributed by atoms with Crippen molar-refractivity contribution in [1.29, 1.82) is 0 Å². The SMILES string of the molecule is COC(C)(CC(F)(F)C(F)(F)C(F)(F)C(F)(F)C(F)(F)C(F)(F)C(F)(F)C(F)(F)F)c1ccccc1I. The minimum absolute atomic E-state index is 0.0544. The number of hydrogen-bond acceptors (Lipinski definition) is 1. The molecule has 0 bridgehead atoms. The van der Waals surface area contributed by atoms with E-state index >= 15 is 0 Å². The number of rotatable bonds is 10. The molecule has 1 aromatic rings. The van der Waals surface area contributed by atoms with Crippen molar-refractivity contribution in [2.45, 2.75) is 66.6 Å². The zero-order valence-electron chi connectivity index (χ0n) is 17.7. The minimum Gasteiger partial charge on any atom is -0.374 e. The van der Waals surface area contributed by atoms with E-state index in [1.165, 1.54) is 28.7 Å². The van der Waals surface area contributed by atoms with Gasteiger partial charge in [-0.25, -0.2) is 0 Å². The standard InChI is InChI=1S/C18H12F17IO/c1-10(37-2,8-5-3-4-6-9(8)36)7-11(19,20)12(21,22)13(23,24)14(25,26)15(27,28)16(29,30)17(31,32)18(33,34)35/h3-6H,7H2,1-2H3. The molecule has 0 saturated carbocycles. The molecule has 216 valence electrons. The molecule has 1 aromatic carbocycles.